The van der Waals surface area contributed by atoms with E-state index in [-0.39, 0.29) is 10.7 Å². The molecule has 3 rings (SSSR count). The van der Waals surface area contributed by atoms with Crippen molar-refractivity contribution >= 4 is 39.0 Å². The Morgan fingerprint density at radius 2 is 1.79 bits per heavy atom. The van der Waals surface area contributed by atoms with E-state index in [4.69, 9.17) is 27.7 Å². The number of benzene rings is 2. The molecule has 3 aromatic rings. The zero-order valence-electron chi connectivity index (χ0n) is 12.5. The molecule has 5 nitrogen and oxygen atoms in total. The number of anilines is 1. The molecule has 0 aliphatic rings. The Bertz CT molecular complexity index is 983. The number of aromatic nitrogens is 1. The van der Waals surface area contributed by atoms with Crippen LogP contribution in [0, 0.1) is 6.92 Å². The van der Waals surface area contributed by atoms with Crippen molar-refractivity contribution in [3.8, 4) is 11.1 Å². The molecule has 0 spiro atoms. The molecule has 0 radical (unpaired) electrons. The lowest BCUT2D eigenvalue weighted by molar-refractivity contribution is 0.400. The van der Waals surface area contributed by atoms with E-state index in [0.717, 1.165) is 11.1 Å². The van der Waals surface area contributed by atoms with Gasteiger partial charge in [0, 0.05) is 11.6 Å². The molecule has 0 fully saturated rings. The lowest BCUT2D eigenvalue weighted by Gasteiger charge is -2.08. The Kier molecular flexibility index (Phi) is 4.54. The van der Waals surface area contributed by atoms with Crippen LogP contribution >= 0.6 is 23.2 Å². The summed E-state index contributed by atoms with van der Waals surface area (Å²) < 4.78 is 31.9. The number of hydrogen-bond acceptors (Lipinski definition) is 4. The van der Waals surface area contributed by atoms with Gasteiger partial charge in [0.15, 0.2) is 5.82 Å². The fraction of sp³-hybridized carbons (Fsp3) is 0.0625. The van der Waals surface area contributed by atoms with Crippen LogP contribution in [0.15, 0.2) is 57.9 Å². The molecule has 0 unspecified atom stereocenters. The normalized spacial score (nSPS) is 11.5. The van der Waals surface area contributed by atoms with Crippen LogP contribution < -0.4 is 4.72 Å². The number of nitrogens with zero attached hydrogens (tertiary/aromatic N) is 1. The molecule has 8 heteroatoms. The van der Waals surface area contributed by atoms with Crippen LogP contribution in [0.25, 0.3) is 11.1 Å². The molecular weight excluding hydrogens is 371 g/mol. The first kappa shape index (κ1) is 16.8. The molecule has 24 heavy (non-hydrogen) atoms. The average molecular weight is 383 g/mol. The van der Waals surface area contributed by atoms with Crippen LogP contribution in [0.1, 0.15) is 5.76 Å². The van der Waals surface area contributed by atoms with Gasteiger partial charge in [0.1, 0.15) is 5.76 Å². The summed E-state index contributed by atoms with van der Waals surface area (Å²) in [5, 5.41) is 4.48. The smallest absolute Gasteiger partial charge is 0.263 e. The van der Waals surface area contributed by atoms with Gasteiger partial charge in [-0.05, 0) is 30.7 Å². The van der Waals surface area contributed by atoms with E-state index in [1.54, 1.807) is 31.2 Å². The summed E-state index contributed by atoms with van der Waals surface area (Å²) in [5.41, 5.74) is 1.49. The van der Waals surface area contributed by atoms with Gasteiger partial charge in [-0.25, -0.2) is 8.42 Å². The summed E-state index contributed by atoms with van der Waals surface area (Å²) >= 11 is 12.2. The number of aryl methyl sites for hydroxylation is 1. The Morgan fingerprint density at radius 1 is 1.08 bits per heavy atom. The van der Waals surface area contributed by atoms with Crippen LogP contribution in [0.3, 0.4) is 0 Å². The standard InChI is InChI=1S/C16H12Cl2N2O3S/c1-10-9-15(19-23-10)20-24(21,22)12-7-5-11(6-8-12)13-3-2-4-14(17)16(13)18/h2-9H,1H3,(H,19,20). The predicted octanol–water partition coefficient (Wildman–Crippen LogP) is 4.76. The van der Waals surface area contributed by atoms with Crippen molar-refractivity contribution in [2.24, 2.45) is 0 Å². The molecule has 1 heterocycles. The number of halogens is 2. The summed E-state index contributed by atoms with van der Waals surface area (Å²) in [6, 6.07) is 13.1. The minimum atomic E-state index is -3.75. The van der Waals surface area contributed by atoms with Gasteiger partial charge in [-0.2, -0.15) is 0 Å². The predicted molar refractivity (Wildman–Crippen MR) is 93.9 cm³/mol. The van der Waals surface area contributed by atoms with Crippen LogP contribution in [-0.4, -0.2) is 13.6 Å². The lowest BCUT2D eigenvalue weighted by Crippen LogP contribution is -2.13. The highest BCUT2D eigenvalue weighted by Crippen LogP contribution is 2.33. The second-order valence-electron chi connectivity index (χ2n) is 5.05. The molecule has 0 bridgehead atoms. The van der Waals surface area contributed by atoms with Crippen LogP contribution in [-0.2, 0) is 10.0 Å². The maximum absolute atomic E-state index is 12.3. The number of nitrogens with one attached hydrogen (secondary N) is 1. The van der Waals surface area contributed by atoms with Gasteiger partial charge < -0.3 is 4.52 Å². The number of hydrogen-bond donors (Lipinski definition) is 1. The third kappa shape index (κ3) is 3.40. The first-order chi connectivity index (χ1) is 11.4. The van der Waals surface area contributed by atoms with E-state index in [1.807, 2.05) is 6.07 Å². The van der Waals surface area contributed by atoms with Gasteiger partial charge in [-0.1, -0.05) is 52.6 Å². The molecule has 0 atom stereocenters. The summed E-state index contributed by atoms with van der Waals surface area (Å²) in [7, 11) is -3.75. The fourth-order valence-electron chi connectivity index (χ4n) is 2.15. The fourth-order valence-corrected chi connectivity index (χ4v) is 3.54. The highest BCUT2D eigenvalue weighted by Gasteiger charge is 2.16. The van der Waals surface area contributed by atoms with E-state index in [2.05, 4.69) is 9.88 Å². The topological polar surface area (TPSA) is 72.2 Å². The van der Waals surface area contributed by atoms with E-state index in [9.17, 15) is 8.42 Å². The lowest BCUT2D eigenvalue weighted by atomic mass is 10.1. The Labute approximate surface area is 149 Å². The molecule has 0 aliphatic carbocycles. The number of rotatable bonds is 4. The van der Waals surface area contributed by atoms with Crippen molar-refractivity contribution in [3.63, 3.8) is 0 Å². The summed E-state index contributed by atoms with van der Waals surface area (Å²) in [5.74, 6) is 0.646. The van der Waals surface area contributed by atoms with Gasteiger partial charge >= 0.3 is 0 Å². The van der Waals surface area contributed by atoms with Crippen LogP contribution in [0.5, 0.6) is 0 Å². The van der Waals surface area contributed by atoms with Gasteiger partial charge in [-0.15, -0.1) is 0 Å². The van der Waals surface area contributed by atoms with Crippen LogP contribution in [0.4, 0.5) is 5.82 Å². The third-order valence-corrected chi connectivity index (χ3v) is 5.48. The Hall–Kier alpha value is -2.02. The first-order valence-corrected chi connectivity index (χ1v) is 9.11. The summed E-state index contributed by atoms with van der Waals surface area (Å²) in [6.45, 7) is 1.67. The zero-order chi connectivity index (χ0) is 17.3. The molecule has 1 aromatic heterocycles. The Balaban J connectivity index is 1.90. The largest absolute Gasteiger partial charge is 0.360 e. The van der Waals surface area contributed by atoms with Gasteiger partial charge in [0.2, 0.25) is 0 Å². The molecule has 0 aliphatic heterocycles. The highest BCUT2D eigenvalue weighted by molar-refractivity contribution is 7.92. The van der Waals surface area contributed by atoms with Crippen molar-refractivity contribution in [1.82, 2.24) is 5.16 Å². The zero-order valence-corrected chi connectivity index (χ0v) is 14.8. The maximum Gasteiger partial charge on any atom is 0.263 e. The van der Waals surface area contributed by atoms with E-state index >= 15 is 0 Å². The second-order valence-corrected chi connectivity index (χ2v) is 7.52. The average Bonchev–Trinajstić information content (AvgIpc) is 2.94. The highest BCUT2D eigenvalue weighted by atomic mass is 35.5. The molecule has 2 aromatic carbocycles. The second kappa shape index (κ2) is 6.47. The number of sulfonamides is 1. The van der Waals surface area contributed by atoms with Crippen molar-refractivity contribution in [2.75, 3.05) is 4.72 Å². The Morgan fingerprint density at radius 3 is 2.42 bits per heavy atom. The quantitative estimate of drug-likeness (QED) is 0.705. The summed E-state index contributed by atoms with van der Waals surface area (Å²) in [6.07, 6.45) is 0. The van der Waals surface area contributed by atoms with Gasteiger partial charge in [0.25, 0.3) is 10.0 Å². The summed E-state index contributed by atoms with van der Waals surface area (Å²) in [4.78, 5) is 0.102. The molecule has 124 valence electrons. The van der Waals surface area contributed by atoms with Crippen molar-refractivity contribution in [3.05, 3.63) is 64.3 Å². The molecule has 0 saturated heterocycles. The molecule has 1 N–H and O–H groups in total. The van der Waals surface area contributed by atoms with Gasteiger partial charge in [-0.3, -0.25) is 4.72 Å². The maximum atomic E-state index is 12.3. The van der Waals surface area contributed by atoms with Gasteiger partial charge in [0.05, 0.1) is 14.9 Å². The van der Waals surface area contributed by atoms with E-state index in [1.165, 1.54) is 18.2 Å². The molecule has 0 saturated carbocycles. The third-order valence-electron chi connectivity index (χ3n) is 3.29. The van der Waals surface area contributed by atoms with Crippen molar-refractivity contribution in [2.45, 2.75) is 11.8 Å². The van der Waals surface area contributed by atoms with Crippen molar-refractivity contribution < 1.29 is 12.9 Å². The SMILES string of the molecule is Cc1cc(NS(=O)(=O)c2ccc(-c3cccc(Cl)c3Cl)cc2)no1. The molecular formula is C16H12Cl2N2O3S. The molecule has 0 amide bonds. The van der Waals surface area contributed by atoms with Crippen LogP contribution in [0.2, 0.25) is 10.0 Å². The van der Waals surface area contributed by atoms with Crippen molar-refractivity contribution in [1.29, 1.82) is 0 Å². The minimum absolute atomic E-state index is 0.102. The first-order valence-electron chi connectivity index (χ1n) is 6.87. The monoisotopic (exact) mass is 382 g/mol. The van der Waals surface area contributed by atoms with E-state index in [0.29, 0.717) is 15.8 Å². The minimum Gasteiger partial charge on any atom is -0.360 e. The van der Waals surface area contributed by atoms with E-state index < -0.39 is 10.0 Å².